The van der Waals surface area contributed by atoms with Crippen LogP contribution in [-0.2, 0) is 16.0 Å². The molecule has 0 radical (unpaired) electrons. The van der Waals surface area contributed by atoms with E-state index in [4.69, 9.17) is 9.47 Å². The molecule has 0 spiro atoms. The van der Waals surface area contributed by atoms with Gasteiger partial charge in [-0.2, -0.15) is 0 Å². The number of aliphatic carboxylic acids is 2. The first kappa shape index (κ1) is 38.6. The van der Waals surface area contributed by atoms with Crippen LogP contribution in [0.2, 0.25) is 0 Å². The van der Waals surface area contributed by atoms with Crippen LogP contribution in [0.1, 0.15) is 132 Å². The summed E-state index contributed by atoms with van der Waals surface area (Å²) in [6.45, 7) is 1.63. The lowest BCUT2D eigenvalue weighted by atomic mass is 10.0. The van der Waals surface area contributed by atoms with Crippen molar-refractivity contribution < 1.29 is 34.1 Å². The van der Waals surface area contributed by atoms with Gasteiger partial charge in [0.25, 0.3) is 5.91 Å². The summed E-state index contributed by atoms with van der Waals surface area (Å²) in [6, 6.07) is 14.9. The first-order chi connectivity index (χ1) is 22.4. The van der Waals surface area contributed by atoms with Gasteiger partial charge >= 0.3 is 11.9 Å². The normalized spacial score (nSPS) is 10.9. The molecule has 0 aliphatic carbocycles. The maximum atomic E-state index is 13.3. The zero-order valence-corrected chi connectivity index (χ0v) is 28.1. The number of carbonyl (C=O) groups excluding carboxylic acids is 1. The van der Waals surface area contributed by atoms with Crippen molar-refractivity contribution in [2.24, 2.45) is 0 Å². The Morgan fingerprint density at radius 2 is 1.11 bits per heavy atom. The summed E-state index contributed by atoms with van der Waals surface area (Å²) in [5.74, 6) is -2.58. The zero-order chi connectivity index (χ0) is 33.2. The molecular formula is C38H57NO7. The summed E-state index contributed by atoms with van der Waals surface area (Å²) in [6.07, 6.45) is 22.2. The fourth-order valence-corrected chi connectivity index (χ4v) is 5.53. The molecule has 0 bridgehead atoms. The number of carboxylic acids is 2. The average molecular weight is 640 g/mol. The van der Waals surface area contributed by atoms with Gasteiger partial charge in [-0.3, -0.25) is 14.4 Å². The van der Waals surface area contributed by atoms with Crippen molar-refractivity contribution in [2.75, 3.05) is 26.3 Å². The smallest absolute Gasteiger partial charge is 0.323 e. The van der Waals surface area contributed by atoms with Crippen molar-refractivity contribution in [3.8, 4) is 11.5 Å². The summed E-state index contributed by atoms with van der Waals surface area (Å²) < 4.78 is 11.9. The Morgan fingerprint density at radius 3 is 1.63 bits per heavy atom. The summed E-state index contributed by atoms with van der Waals surface area (Å²) in [5, 5.41) is 18.5. The van der Waals surface area contributed by atoms with Gasteiger partial charge in [0.05, 0.1) is 18.8 Å². The van der Waals surface area contributed by atoms with Crippen molar-refractivity contribution in [1.82, 2.24) is 4.90 Å². The number of amides is 1. The molecule has 8 heteroatoms. The van der Waals surface area contributed by atoms with Crippen LogP contribution >= 0.6 is 0 Å². The highest BCUT2D eigenvalue weighted by molar-refractivity contribution is 6.00. The number of unbranched alkanes of at least 4 members (excludes halogenated alkanes) is 15. The molecule has 2 N–H and O–H groups in total. The predicted octanol–water partition coefficient (Wildman–Crippen LogP) is 8.95. The maximum absolute atomic E-state index is 13.3. The quantitative estimate of drug-likeness (QED) is 0.0894. The average Bonchev–Trinajstić information content (AvgIpc) is 3.04. The van der Waals surface area contributed by atoms with E-state index in [1.807, 2.05) is 30.3 Å². The Labute approximate surface area is 276 Å². The summed E-state index contributed by atoms with van der Waals surface area (Å²) >= 11 is 0. The number of rotatable bonds is 28. The van der Waals surface area contributed by atoms with E-state index in [0.717, 1.165) is 24.2 Å². The molecule has 0 fully saturated rings. The first-order valence-corrected chi connectivity index (χ1v) is 17.6. The van der Waals surface area contributed by atoms with Gasteiger partial charge in [-0.05, 0) is 43.0 Å². The minimum atomic E-state index is -1.30. The number of nitrogens with zero attached hydrogens (tertiary/aromatic N) is 1. The minimum absolute atomic E-state index is 0.0895. The van der Waals surface area contributed by atoms with E-state index in [2.05, 4.69) is 6.92 Å². The van der Waals surface area contributed by atoms with Crippen molar-refractivity contribution in [2.45, 2.75) is 122 Å². The van der Waals surface area contributed by atoms with Crippen LogP contribution in [0.15, 0.2) is 48.5 Å². The number of carboxylic acid groups (broad SMARTS) is 2. The SMILES string of the molecule is CCCCCCCCCCCCCCCCCCOc1ccc(OCCCc2ccccc2)c(C(=O)N(CC(=O)O)CC(=O)O)c1. The monoisotopic (exact) mass is 639 g/mol. The van der Waals surface area contributed by atoms with Crippen LogP contribution in [0.3, 0.4) is 0 Å². The highest BCUT2D eigenvalue weighted by atomic mass is 16.5. The van der Waals surface area contributed by atoms with Crippen LogP contribution in [0.25, 0.3) is 0 Å². The Morgan fingerprint density at radius 1 is 0.609 bits per heavy atom. The number of hydrogen-bond donors (Lipinski definition) is 2. The van der Waals surface area contributed by atoms with Crippen LogP contribution in [0.5, 0.6) is 11.5 Å². The second-order valence-electron chi connectivity index (χ2n) is 12.2. The van der Waals surface area contributed by atoms with Gasteiger partial charge in [0.2, 0.25) is 0 Å². The molecule has 0 atom stereocenters. The molecule has 0 saturated carbocycles. The standard InChI is InChI=1S/C38H57NO7/c1-2-3-4-5-6-7-8-9-10-11-12-13-14-15-16-20-27-45-33-25-26-35(46-28-21-24-32-22-18-17-19-23-32)34(29-33)38(44)39(30-36(40)41)31-37(42)43/h17-19,22-23,25-26,29H,2-16,20-21,24,27-28,30-31H2,1H3,(H,40,41)(H,42,43). The second-order valence-corrected chi connectivity index (χ2v) is 12.2. The van der Waals surface area contributed by atoms with Crippen molar-refractivity contribution in [3.05, 3.63) is 59.7 Å². The third kappa shape index (κ3) is 17.8. The molecule has 0 saturated heterocycles. The van der Waals surface area contributed by atoms with E-state index in [0.29, 0.717) is 25.4 Å². The molecule has 0 aliphatic heterocycles. The molecule has 2 aromatic rings. The van der Waals surface area contributed by atoms with Crippen molar-refractivity contribution >= 4 is 17.8 Å². The molecule has 46 heavy (non-hydrogen) atoms. The van der Waals surface area contributed by atoms with Crippen LogP contribution < -0.4 is 9.47 Å². The Balaban J connectivity index is 1.75. The Hall–Kier alpha value is -3.55. The largest absolute Gasteiger partial charge is 0.494 e. The fourth-order valence-electron chi connectivity index (χ4n) is 5.53. The van der Waals surface area contributed by atoms with Crippen LogP contribution in [0.4, 0.5) is 0 Å². The highest BCUT2D eigenvalue weighted by Crippen LogP contribution is 2.27. The first-order valence-electron chi connectivity index (χ1n) is 17.6. The third-order valence-corrected chi connectivity index (χ3v) is 8.10. The topological polar surface area (TPSA) is 113 Å². The number of carbonyl (C=O) groups is 3. The molecule has 2 rings (SSSR count). The van der Waals surface area contributed by atoms with E-state index in [9.17, 15) is 24.6 Å². The number of benzene rings is 2. The van der Waals surface area contributed by atoms with Crippen LogP contribution in [-0.4, -0.2) is 59.3 Å². The van der Waals surface area contributed by atoms with E-state index in [1.165, 1.54) is 102 Å². The van der Waals surface area contributed by atoms with Gasteiger partial charge in [-0.1, -0.05) is 134 Å². The lowest BCUT2D eigenvalue weighted by Gasteiger charge is -2.21. The predicted molar refractivity (Wildman–Crippen MR) is 183 cm³/mol. The number of hydrogen-bond acceptors (Lipinski definition) is 5. The molecular weight excluding hydrogens is 582 g/mol. The molecule has 256 valence electrons. The van der Waals surface area contributed by atoms with Crippen molar-refractivity contribution in [1.29, 1.82) is 0 Å². The van der Waals surface area contributed by atoms with Gasteiger partial charge in [0.1, 0.15) is 24.6 Å². The summed E-state index contributed by atoms with van der Waals surface area (Å²) in [4.78, 5) is 36.9. The molecule has 1 amide bonds. The van der Waals surface area contributed by atoms with E-state index in [1.54, 1.807) is 12.1 Å². The molecule has 0 aromatic heterocycles. The molecule has 0 aliphatic rings. The van der Waals surface area contributed by atoms with Gasteiger partial charge in [-0.25, -0.2) is 0 Å². The van der Waals surface area contributed by atoms with Gasteiger partial charge in [0.15, 0.2) is 0 Å². The lowest BCUT2D eigenvalue weighted by molar-refractivity contribution is -0.140. The molecule has 8 nitrogen and oxygen atoms in total. The zero-order valence-electron chi connectivity index (χ0n) is 28.1. The maximum Gasteiger partial charge on any atom is 0.323 e. The summed E-state index contributed by atoms with van der Waals surface area (Å²) in [5.41, 5.74) is 1.26. The minimum Gasteiger partial charge on any atom is -0.494 e. The second kappa shape index (κ2) is 24.7. The van der Waals surface area contributed by atoms with E-state index >= 15 is 0 Å². The molecule has 0 heterocycles. The highest BCUT2D eigenvalue weighted by Gasteiger charge is 2.25. The van der Waals surface area contributed by atoms with E-state index in [-0.39, 0.29) is 11.3 Å². The van der Waals surface area contributed by atoms with E-state index < -0.39 is 30.9 Å². The Bertz CT molecular complexity index is 1110. The molecule has 0 unspecified atom stereocenters. The Kier molecular flexibility index (Phi) is 20.7. The summed E-state index contributed by atoms with van der Waals surface area (Å²) in [7, 11) is 0. The number of ether oxygens (including phenoxy) is 2. The lowest BCUT2D eigenvalue weighted by Crippen LogP contribution is -2.39. The van der Waals surface area contributed by atoms with Gasteiger partial charge < -0.3 is 24.6 Å². The van der Waals surface area contributed by atoms with Gasteiger partial charge in [-0.15, -0.1) is 0 Å². The number of aryl methyl sites for hydroxylation is 1. The van der Waals surface area contributed by atoms with Crippen LogP contribution in [0, 0.1) is 0 Å². The third-order valence-electron chi connectivity index (χ3n) is 8.10. The fraction of sp³-hybridized carbons (Fsp3) is 0.605. The molecule has 2 aromatic carbocycles. The van der Waals surface area contributed by atoms with Gasteiger partial charge in [0, 0.05) is 0 Å². The van der Waals surface area contributed by atoms with Crippen molar-refractivity contribution in [3.63, 3.8) is 0 Å².